The predicted molar refractivity (Wildman–Crippen MR) is 91.5 cm³/mol. The third-order valence-electron chi connectivity index (χ3n) is 4.76. The Kier molecular flexibility index (Phi) is 4.49. The topological polar surface area (TPSA) is 49.3 Å². The normalized spacial score (nSPS) is 16.7. The van der Waals surface area contributed by atoms with Gasteiger partial charge in [0, 0.05) is 12.1 Å². The highest BCUT2D eigenvalue weighted by molar-refractivity contribution is 5.87. The van der Waals surface area contributed by atoms with Crippen molar-refractivity contribution in [3.05, 3.63) is 71.3 Å². The van der Waals surface area contributed by atoms with Gasteiger partial charge in [0.2, 0.25) is 0 Å². The van der Waals surface area contributed by atoms with Crippen LogP contribution in [0.5, 0.6) is 0 Å². The Bertz CT molecular complexity index is 679. The van der Waals surface area contributed by atoms with E-state index >= 15 is 0 Å². The Labute approximate surface area is 137 Å². The molecular weight excluding hydrogens is 286 g/mol. The zero-order valence-electron chi connectivity index (χ0n) is 13.5. The second-order valence-electron chi connectivity index (χ2n) is 6.71. The van der Waals surface area contributed by atoms with Gasteiger partial charge in [-0.15, -0.1) is 0 Å². The fourth-order valence-corrected chi connectivity index (χ4v) is 3.21. The first-order valence-electron chi connectivity index (χ1n) is 8.18. The van der Waals surface area contributed by atoms with Crippen LogP contribution in [0.25, 0.3) is 0 Å². The van der Waals surface area contributed by atoms with Crippen molar-refractivity contribution in [3.8, 4) is 0 Å². The molecule has 0 spiro atoms. The monoisotopic (exact) mass is 309 g/mol. The second-order valence-corrected chi connectivity index (χ2v) is 6.71. The van der Waals surface area contributed by atoms with Gasteiger partial charge < -0.3 is 10.4 Å². The number of rotatable bonds is 7. The first-order chi connectivity index (χ1) is 11.1. The molecule has 23 heavy (non-hydrogen) atoms. The van der Waals surface area contributed by atoms with Crippen LogP contribution in [-0.2, 0) is 13.0 Å². The van der Waals surface area contributed by atoms with Gasteiger partial charge in [-0.05, 0) is 55.4 Å². The van der Waals surface area contributed by atoms with Crippen LogP contribution in [0.3, 0.4) is 0 Å². The molecule has 0 heterocycles. The average molecular weight is 309 g/mol. The molecule has 1 saturated carbocycles. The molecule has 0 amide bonds. The summed E-state index contributed by atoms with van der Waals surface area (Å²) in [5, 5.41) is 12.8. The molecular formula is C20H23NO2. The highest BCUT2D eigenvalue weighted by Gasteiger charge is 2.40. The number of hydrogen-bond donors (Lipinski definition) is 2. The van der Waals surface area contributed by atoms with E-state index in [2.05, 4.69) is 36.5 Å². The van der Waals surface area contributed by atoms with Crippen molar-refractivity contribution in [3.63, 3.8) is 0 Å². The minimum atomic E-state index is -0.874. The molecule has 3 nitrogen and oxygen atoms in total. The molecule has 1 unspecified atom stereocenters. The Morgan fingerprint density at radius 2 is 1.83 bits per heavy atom. The maximum atomic E-state index is 11.1. The van der Waals surface area contributed by atoms with Crippen LogP contribution in [0.1, 0.15) is 41.3 Å². The maximum Gasteiger partial charge on any atom is 0.335 e. The van der Waals surface area contributed by atoms with E-state index in [-0.39, 0.29) is 5.54 Å². The van der Waals surface area contributed by atoms with Crippen LogP contribution in [0, 0.1) is 5.92 Å². The third-order valence-corrected chi connectivity index (χ3v) is 4.76. The second kappa shape index (κ2) is 6.55. The van der Waals surface area contributed by atoms with Gasteiger partial charge in [-0.3, -0.25) is 0 Å². The highest BCUT2D eigenvalue weighted by atomic mass is 16.4. The molecule has 120 valence electrons. The molecule has 0 bridgehead atoms. The molecule has 2 aromatic carbocycles. The van der Waals surface area contributed by atoms with Crippen LogP contribution in [-0.4, -0.2) is 16.6 Å². The molecule has 1 fully saturated rings. The van der Waals surface area contributed by atoms with E-state index in [4.69, 9.17) is 5.11 Å². The van der Waals surface area contributed by atoms with Crippen LogP contribution >= 0.6 is 0 Å². The molecule has 1 aliphatic carbocycles. The van der Waals surface area contributed by atoms with Crippen molar-refractivity contribution in [2.75, 3.05) is 0 Å². The summed E-state index contributed by atoms with van der Waals surface area (Å²) in [6.45, 7) is 2.99. The Balaban J connectivity index is 1.70. The van der Waals surface area contributed by atoms with Crippen LogP contribution < -0.4 is 5.32 Å². The summed E-state index contributed by atoms with van der Waals surface area (Å²) in [6, 6.07) is 17.7. The quantitative estimate of drug-likeness (QED) is 0.816. The number of hydrogen-bond acceptors (Lipinski definition) is 2. The summed E-state index contributed by atoms with van der Waals surface area (Å²) in [7, 11) is 0. The largest absolute Gasteiger partial charge is 0.478 e. The lowest BCUT2D eigenvalue weighted by molar-refractivity contribution is 0.0696. The molecule has 1 atom stereocenters. The molecule has 0 radical (unpaired) electrons. The summed E-state index contributed by atoms with van der Waals surface area (Å²) in [6.07, 6.45) is 3.54. The lowest BCUT2D eigenvalue weighted by atomic mass is 9.87. The number of aromatic carboxylic acids is 1. The first kappa shape index (κ1) is 15.8. The van der Waals surface area contributed by atoms with E-state index in [9.17, 15) is 4.79 Å². The molecule has 3 heteroatoms. The van der Waals surface area contributed by atoms with E-state index < -0.39 is 5.97 Å². The maximum absolute atomic E-state index is 11.1. The smallest absolute Gasteiger partial charge is 0.335 e. The molecule has 0 aliphatic heterocycles. The lowest BCUT2D eigenvalue weighted by Gasteiger charge is -2.32. The van der Waals surface area contributed by atoms with Crippen molar-refractivity contribution in [1.82, 2.24) is 5.32 Å². The minimum absolute atomic E-state index is 0.0561. The zero-order valence-corrected chi connectivity index (χ0v) is 13.5. The molecule has 3 rings (SSSR count). The standard InChI is InChI=1S/C20H23NO2/c1-20(18-10-11-18,13-15-6-3-2-4-7-15)21-14-16-8-5-9-17(12-16)19(22)23/h2-9,12,18,21H,10-11,13-14H2,1H3,(H,22,23). The summed E-state index contributed by atoms with van der Waals surface area (Å²) in [5.74, 6) is -0.175. The molecule has 2 N–H and O–H groups in total. The molecule has 2 aromatic rings. The van der Waals surface area contributed by atoms with E-state index in [1.165, 1.54) is 18.4 Å². The van der Waals surface area contributed by atoms with E-state index in [1.54, 1.807) is 12.1 Å². The van der Waals surface area contributed by atoms with Gasteiger partial charge in [-0.25, -0.2) is 4.79 Å². The predicted octanol–water partition coefficient (Wildman–Crippen LogP) is 3.89. The number of benzene rings is 2. The first-order valence-corrected chi connectivity index (χ1v) is 8.18. The summed E-state index contributed by atoms with van der Waals surface area (Å²) in [4.78, 5) is 11.1. The number of carboxylic acids is 1. The highest BCUT2D eigenvalue weighted by Crippen LogP contribution is 2.41. The molecule has 1 aliphatic rings. The zero-order chi connectivity index (χ0) is 16.3. The number of carbonyl (C=O) groups is 1. The Hall–Kier alpha value is -2.13. The number of nitrogens with one attached hydrogen (secondary N) is 1. The van der Waals surface area contributed by atoms with E-state index in [0.717, 1.165) is 12.0 Å². The third kappa shape index (κ3) is 3.99. The Morgan fingerprint density at radius 3 is 2.48 bits per heavy atom. The Morgan fingerprint density at radius 1 is 1.13 bits per heavy atom. The van der Waals surface area contributed by atoms with E-state index in [1.807, 2.05) is 18.2 Å². The van der Waals surface area contributed by atoms with Crippen LogP contribution in [0.4, 0.5) is 0 Å². The van der Waals surface area contributed by atoms with Crippen molar-refractivity contribution < 1.29 is 9.90 Å². The average Bonchev–Trinajstić information content (AvgIpc) is 3.40. The van der Waals surface area contributed by atoms with Gasteiger partial charge in [0.1, 0.15) is 0 Å². The van der Waals surface area contributed by atoms with Gasteiger partial charge in [-0.2, -0.15) is 0 Å². The molecule has 0 aromatic heterocycles. The summed E-state index contributed by atoms with van der Waals surface area (Å²) in [5.41, 5.74) is 2.76. The molecule has 0 saturated heterocycles. The number of carboxylic acid groups (broad SMARTS) is 1. The van der Waals surface area contributed by atoms with Crippen molar-refractivity contribution in [1.29, 1.82) is 0 Å². The van der Waals surface area contributed by atoms with Crippen LogP contribution in [0.15, 0.2) is 54.6 Å². The van der Waals surface area contributed by atoms with Crippen molar-refractivity contribution >= 4 is 5.97 Å². The van der Waals surface area contributed by atoms with E-state index in [0.29, 0.717) is 18.0 Å². The van der Waals surface area contributed by atoms with Gasteiger partial charge in [0.05, 0.1) is 5.56 Å². The fourth-order valence-electron chi connectivity index (χ4n) is 3.21. The lowest BCUT2D eigenvalue weighted by Crippen LogP contribution is -2.46. The summed E-state index contributed by atoms with van der Waals surface area (Å²) >= 11 is 0. The van der Waals surface area contributed by atoms with Gasteiger partial charge in [-0.1, -0.05) is 42.5 Å². The van der Waals surface area contributed by atoms with Crippen molar-refractivity contribution in [2.45, 2.75) is 38.3 Å². The fraction of sp³-hybridized carbons (Fsp3) is 0.350. The van der Waals surface area contributed by atoms with Crippen molar-refractivity contribution in [2.24, 2.45) is 5.92 Å². The SMILES string of the molecule is CC(Cc1ccccc1)(NCc1cccc(C(=O)O)c1)C1CC1. The van der Waals surface area contributed by atoms with Gasteiger partial charge >= 0.3 is 5.97 Å². The minimum Gasteiger partial charge on any atom is -0.478 e. The summed E-state index contributed by atoms with van der Waals surface area (Å²) < 4.78 is 0. The van der Waals surface area contributed by atoms with Gasteiger partial charge in [0.15, 0.2) is 0 Å². The van der Waals surface area contributed by atoms with Gasteiger partial charge in [0.25, 0.3) is 0 Å². The van der Waals surface area contributed by atoms with Crippen LogP contribution in [0.2, 0.25) is 0 Å².